The van der Waals surface area contributed by atoms with E-state index in [0.717, 1.165) is 6.42 Å². The van der Waals surface area contributed by atoms with Crippen LogP contribution in [0.15, 0.2) is 54.6 Å². The van der Waals surface area contributed by atoms with Crippen LogP contribution in [-0.4, -0.2) is 24.2 Å². The molecule has 0 aliphatic carbocycles. The van der Waals surface area contributed by atoms with Crippen LogP contribution < -0.4 is 5.32 Å². The van der Waals surface area contributed by atoms with Crippen molar-refractivity contribution in [3.05, 3.63) is 60.2 Å². The Balaban J connectivity index is 2.07. The average Bonchev–Trinajstić information content (AvgIpc) is 2.45. The van der Waals surface area contributed by atoms with E-state index in [1.807, 2.05) is 30.3 Å². The minimum Gasteiger partial charge on any atom is -0.480 e. The number of hydrogen-bond acceptors (Lipinski definition) is 2. The van der Waals surface area contributed by atoms with Crippen molar-refractivity contribution in [3.63, 3.8) is 0 Å². The predicted octanol–water partition coefficient (Wildman–Crippen LogP) is 2.57. The summed E-state index contributed by atoms with van der Waals surface area (Å²) in [5.74, 6) is -0.823. The summed E-state index contributed by atoms with van der Waals surface area (Å²) >= 11 is 0. The lowest BCUT2D eigenvalue weighted by atomic mass is 9.98. The maximum absolute atomic E-state index is 10.4. The Bertz CT molecular complexity index is 537. The van der Waals surface area contributed by atoms with E-state index in [-0.39, 0.29) is 6.54 Å². The van der Waals surface area contributed by atoms with Crippen molar-refractivity contribution in [3.8, 4) is 11.1 Å². The van der Waals surface area contributed by atoms with Crippen LogP contribution in [0.5, 0.6) is 0 Å². The topological polar surface area (TPSA) is 49.3 Å². The highest BCUT2D eigenvalue weighted by atomic mass is 16.4. The zero-order valence-electron chi connectivity index (χ0n) is 10.7. The van der Waals surface area contributed by atoms with E-state index in [0.29, 0.717) is 6.54 Å². The zero-order chi connectivity index (χ0) is 13.5. The van der Waals surface area contributed by atoms with E-state index >= 15 is 0 Å². The quantitative estimate of drug-likeness (QED) is 0.780. The van der Waals surface area contributed by atoms with E-state index in [9.17, 15) is 4.79 Å². The molecule has 0 unspecified atom stereocenters. The summed E-state index contributed by atoms with van der Waals surface area (Å²) in [7, 11) is 0. The fourth-order valence-corrected chi connectivity index (χ4v) is 2.06. The largest absolute Gasteiger partial charge is 0.480 e. The third kappa shape index (κ3) is 3.93. The van der Waals surface area contributed by atoms with Crippen LogP contribution in [-0.2, 0) is 11.2 Å². The van der Waals surface area contributed by atoms with Gasteiger partial charge in [0.05, 0.1) is 6.54 Å². The van der Waals surface area contributed by atoms with Gasteiger partial charge in [-0.2, -0.15) is 0 Å². The van der Waals surface area contributed by atoms with Crippen LogP contribution in [0, 0.1) is 0 Å². The summed E-state index contributed by atoms with van der Waals surface area (Å²) in [6.45, 7) is 0.670. The van der Waals surface area contributed by atoms with Gasteiger partial charge in [-0.3, -0.25) is 4.79 Å². The first-order chi connectivity index (χ1) is 9.27. The van der Waals surface area contributed by atoms with E-state index in [2.05, 4.69) is 29.6 Å². The van der Waals surface area contributed by atoms with Gasteiger partial charge in [0.1, 0.15) is 0 Å². The first-order valence-electron chi connectivity index (χ1n) is 6.33. The first-order valence-corrected chi connectivity index (χ1v) is 6.33. The molecule has 0 fully saturated rings. The SMILES string of the molecule is O=C(O)CNCCc1ccccc1-c1ccccc1. The number of aliphatic carboxylic acids is 1. The molecule has 0 aromatic heterocycles. The van der Waals surface area contributed by atoms with Crippen LogP contribution in [0.1, 0.15) is 5.56 Å². The third-order valence-corrected chi connectivity index (χ3v) is 2.95. The summed E-state index contributed by atoms with van der Waals surface area (Å²) in [6, 6.07) is 18.4. The van der Waals surface area contributed by atoms with Crippen molar-refractivity contribution < 1.29 is 9.90 Å². The van der Waals surface area contributed by atoms with Crippen LogP contribution in [0.3, 0.4) is 0 Å². The number of benzene rings is 2. The zero-order valence-corrected chi connectivity index (χ0v) is 10.7. The fraction of sp³-hybridized carbons (Fsp3) is 0.188. The number of carboxylic acids is 1. The molecule has 0 amide bonds. The Morgan fingerprint density at radius 2 is 1.68 bits per heavy atom. The normalized spacial score (nSPS) is 10.3. The lowest BCUT2D eigenvalue weighted by Gasteiger charge is -2.09. The van der Waals surface area contributed by atoms with Gasteiger partial charge in [0.25, 0.3) is 0 Å². The molecule has 0 spiro atoms. The Kier molecular flexibility index (Phi) is 4.70. The summed E-state index contributed by atoms with van der Waals surface area (Å²) in [4.78, 5) is 10.4. The molecular weight excluding hydrogens is 238 g/mol. The number of carbonyl (C=O) groups is 1. The molecule has 2 aromatic carbocycles. The maximum Gasteiger partial charge on any atom is 0.317 e. The molecule has 0 aliphatic heterocycles. The van der Waals surface area contributed by atoms with Gasteiger partial charge in [0.15, 0.2) is 0 Å². The lowest BCUT2D eigenvalue weighted by molar-refractivity contribution is -0.135. The van der Waals surface area contributed by atoms with Crippen molar-refractivity contribution in [2.75, 3.05) is 13.1 Å². The minimum absolute atomic E-state index is 0.00744. The predicted molar refractivity (Wildman–Crippen MR) is 76.1 cm³/mol. The Morgan fingerprint density at radius 3 is 2.42 bits per heavy atom. The first kappa shape index (κ1) is 13.3. The van der Waals surface area contributed by atoms with Crippen molar-refractivity contribution in [1.29, 1.82) is 0 Å². The monoisotopic (exact) mass is 255 g/mol. The summed E-state index contributed by atoms with van der Waals surface area (Å²) in [6.07, 6.45) is 0.818. The van der Waals surface area contributed by atoms with E-state index in [4.69, 9.17) is 5.11 Å². The van der Waals surface area contributed by atoms with Gasteiger partial charge in [-0.1, -0.05) is 54.6 Å². The van der Waals surface area contributed by atoms with Crippen molar-refractivity contribution in [2.24, 2.45) is 0 Å². The molecule has 2 rings (SSSR count). The maximum atomic E-state index is 10.4. The third-order valence-electron chi connectivity index (χ3n) is 2.95. The second-order valence-corrected chi connectivity index (χ2v) is 4.34. The molecule has 3 heteroatoms. The molecule has 0 saturated carbocycles. The standard InChI is InChI=1S/C16H17NO2/c18-16(19)12-17-11-10-14-8-4-5-9-15(14)13-6-2-1-3-7-13/h1-9,17H,10-12H2,(H,18,19). The van der Waals surface area contributed by atoms with Gasteiger partial charge in [-0.25, -0.2) is 0 Å². The van der Waals surface area contributed by atoms with Gasteiger partial charge in [-0.15, -0.1) is 0 Å². The molecule has 0 heterocycles. The second-order valence-electron chi connectivity index (χ2n) is 4.34. The minimum atomic E-state index is -0.823. The highest BCUT2D eigenvalue weighted by Gasteiger charge is 2.04. The highest BCUT2D eigenvalue weighted by Crippen LogP contribution is 2.23. The number of carboxylic acid groups (broad SMARTS) is 1. The Labute approximate surface area is 112 Å². The molecule has 0 aliphatic rings. The molecule has 0 radical (unpaired) electrons. The van der Waals surface area contributed by atoms with Gasteiger partial charge in [0, 0.05) is 0 Å². The molecule has 3 nitrogen and oxygen atoms in total. The number of nitrogens with one attached hydrogen (secondary N) is 1. The van der Waals surface area contributed by atoms with Crippen LogP contribution in [0.2, 0.25) is 0 Å². The highest BCUT2D eigenvalue weighted by molar-refractivity contribution is 5.69. The number of hydrogen-bond donors (Lipinski definition) is 2. The molecule has 0 bridgehead atoms. The number of rotatable bonds is 6. The van der Waals surface area contributed by atoms with Gasteiger partial charge >= 0.3 is 5.97 Å². The summed E-state index contributed by atoms with van der Waals surface area (Å²) < 4.78 is 0. The van der Waals surface area contributed by atoms with Crippen LogP contribution in [0.25, 0.3) is 11.1 Å². The summed E-state index contributed by atoms with van der Waals surface area (Å²) in [5.41, 5.74) is 3.63. The van der Waals surface area contributed by atoms with Crippen molar-refractivity contribution in [2.45, 2.75) is 6.42 Å². The van der Waals surface area contributed by atoms with Gasteiger partial charge in [-0.05, 0) is 29.7 Å². The van der Waals surface area contributed by atoms with E-state index < -0.39 is 5.97 Å². The lowest BCUT2D eigenvalue weighted by Crippen LogP contribution is -2.24. The van der Waals surface area contributed by atoms with E-state index in [1.165, 1.54) is 16.7 Å². The average molecular weight is 255 g/mol. The molecule has 2 aromatic rings. The molecule has 0 saturated heterocycles. The van der Waals surface area contributed by atoms with Gasteiger partial charge in [0.2, 0.25) is 0 Å². The van der Waals surface area contributed by atoms with E-state index in [1.54, 1.807) is 0 Å². The molecule has 2 N–H and O–H groups in total. The second kappa shape index (κ2) is 6.71. The Morgan fingerprint density at radius 1 is 1.00 bits per heavy atom. The molecular formula is C16H17NO2. The molecule has 98 valence electrons. The van der Waals surface area contributed by atoms with Crippen molar-refractivity contribution >= 4 is 5.97 Å². The molecule has 0 atom stereocenters. The fourth-order valence-electron chi connectivity index (χ4n) is 2.06. The smallest absolute Gasteiger partial charge is 0.317 e. The molecule has 19 heavy (non-hydrogen) atoms. The van der Waals surface area contributed by atoms with Crippen LogP contribution >= 0.6 is 0 Å². The van der Waals surface area contributed by atoms with Crippen LogP contribution in [0.4, 0.5) is 0 Å². The van der Waals surface area contributed by atoms with Crippen molar-refractivity contribution in [1.82, 2.24) is 5.32 Å². The summed E-state index contributed by atoms with van der Waals surface area (Å²) in [5, 5.41) is 11.5. The van der Waals surface area contributed by atoms with Gasteiger partial charge < -0.3 is 10.4 Å². The Hall–Kier alpha value is -2.13.